The highest BCUT2D eigenvalue weighted by atomic mass is 19.1. The molecule has 1 N–H and O–H groups in total. The number of hydrogen-bond acceptors (Lipinski definition) is 2. The van der Waals surface area contributed by atoms with Crippen LogP contribution in [0.25, 0.3) is 0 Å². The largest absolute Gasteiger partial charge is 0.380 e. The van der Waals surface area contributed by atoms with Crippen molar-refractivity contribution in [3.63, 3.8) is 0 Å². The number of aromatic nitrogens is 2. The van der Waals surface area contributed by atoms with Crippen LogP contribution in [0, 0.1) is 5.82 Å². The Kier molecular flexibility index (Phi) is 3.97. The first kappa shape index (κ1) is 12.6. The molecule has 18 heavy (non-hydrogen) atoms. The van der Waals surface area contributed by atoms with Gasteiger partial charge in [-0.3, -0.25) is 4.68 Å². The summed E-state index contributed by atoms with van der Waals surface area (Å²) < 4.78 is 14.7. The van der Waals surface area contributed by atoms with Crippen LogP contribution in [0.2, 0.25) is 0 Å². The number of hydrogen-bond donors (Lipinski definition) is 1. The lowest BCUT2D eigenvalue weighted by Crippen LogP contribution is -2.17. The van der Waals surface area contributed by atoms with Crippen molar-refractivity contribution >= 4 is 5.69 Å². The molecule has 1 aromatic carbocycles. The lowest BCUT2D eigenvalue weighted by Gasteiger charge is -2.13. The molecule has 0 fully saturated rings. The predicted molar refractivity (Wildman–Crippen MR) is 71.1 cm³/mol. The minimum Gasteiger partial charge on any atom is -0.380 e. The first-order valence-corrected chi connectivity index (χ1v) is 6.21. The smallest absolute Gasteiger partial charge is 0.123 e. The molecule has 4 heteroatoms. The van der Waals surface area contributed by atoms with E-state index in [1.807, 2.05) is 29.2 Å². The third kappa shape index (κ3) is 3.32. The summed E-state index contributed by atoms with van der Waals surface area (Å²) in [6, 6.07) is 6.92. The molecule has 2 aromatic rings. The third-order valence-corrected chi connectivity index (χ3v) is 2.83. The van der Waals surface area contributed by atoms with Gasteiger partial charge in [-0.15, -0.1) is 0 Å². The summed E-state index contributed by atoms with van der Waals surface area (Å²) in [5.41, 5.74) is 2.14. The first-order valence-electron chi connectivity index (χ1n) is 6.21. The topological polar surface area (TPSA) is 29.9 Å². The maximum absolute atomic E-state index is 12.8. The molecule has 0 amide bonds. The van der Waals surface area contributed by atoms with Gasteiger partial charge in [0.1, 0.15) is 5.82 Å². The monoisotopic (exact) mass is 247 g/mol. The number of nitrogens with zero attached hydrogens (tertiary/aromatic N) is 2. The highest BCUT2D eigenvalue weighted by molar-refractivity contribution is 5.39. The van der Waals surface area contributed by atoms with E-state index in [1.54, 1.807) is 0 Å². The number of aryl methyl sites for hydroxylation is 1. The van der Waals surface area contributed by atoms with E-state index < -0.39 is 0 Å². The Morgan fingerprint density at radius 2 is 2.06 bits per heavy atom. The zero-order valence-corrected chi connectivity index (χ0v) is 10.7. The van der Waals surface area contributed by atoms with Gasteiger partial charge in [0.25, 0.3) is 0 Å². The van der Waals surface area contributed by atoms with Crippen LogP contribution in [0.3, 0.4) is 0 Å². The van der Waals surface area contributed by atoms with E-state index in [0.717, 1.165) is 24.2 Å². The van der Waals surface area contributed by atoms with Crippen molar-refractivity contribution in [2.75, 3.05) is 5.32 Å². The fraction of sp³-hybridized carbons (Fsp3) is 0.357. The van der Waals surface area contributed by atoms with Gasteiger partial charge in [-0.1, -0.05) is 12.1 Å². The molecule has 0 aliphatic heterocycles. The van der Waals surface area contributed by atoms with E-state index in [9.17, 15) is 4.39 Å². The van der Waals surface area contributed by atoms with E-state index in [2.05, 4.69) is 24.3 Å². The van der Waals surface area contributed by atoms with E-state index in [1.165, 1.54) is 12.1 Å². The van der Waals surface area contributed by atoms with Crippen LogP contribution < -0.4 is 5.32 Å². The van der Waals surface area contributed by atoms with E-state index >= 15 is 0 Å². The summed E-state index contributed by atoms with van der Waals surface area (Å²) in [6.07, 6.45) is 4.67. The number of halogens is 1. The summed E-state index contributed by atoms with van der Waals surface area (Å²) in [5.74, 6) is -0.191. The van der Waals surface area contributed by atoms with Gasteiger partial charge in [0.05, 0.1) is 11.9 Å². The van der Waals surface area contributed by atoms with E-state index in [4.69, 9.17) is 0 Å². The Bertz CT molecular complexity index is 490. The van der Waals surface area contributed by atoms with E-state index in [-0.39, 0.29) is 11.9 Å². The Morgan fingerprint density at radius 3 is 2.67 bits per heavy atom. The van der Waals surface area contributed by atoms with Gasteiger partial charge >= 0.3 is 0 Å². The van der Waals surface area contributed by atoms with Gasteiger partial charge in [0.2, 0.25) is 0 Å². The molecule has 2 rings (SSSR count). The van der Waals surface area contributed by atoms with Gasteiger partial charge in [0.15, 0.2) is 0 Å². The van der Waals surface area contributed by atoms with Gasteiger partial charge < -0.3 is 5.32 Å². The van der Waals surface area contributed by atoms with Crippen LogP contribution in [-0.2, 0) is 13.0 Å². The molecule has 0 radical (unpaired) electrons. The molecule has 1 aromatic heterocycles. The molecule has 0 saturated carbocycles. The van der Waals surface area contributed by atoms with Crippen LogP contribution in [0.4, 0.5) is 10.1 Å². The van der Waals surface area contributed by atoms with Crippen molar-refractivity contribution in [2.45, 2.75) is 32.9 Å². The third-order valence-electron chi connectivity index (χ3n) is 2.83. The maximum atomic E-state index is 12.8. The molecular weight excluding hydrogens is 229 g/mol. The van der Waals surface area contributed by atoms with Gasteiger partial charge in [0, 0.05) is 18.8 Å². The SMILES string of the molecule is CCn1cc(NC(C)Cc2ccc(F)cc2)cn1. The molecule has 96 valence electrons. The van der Waals surface area contributed by atoms with Crippen LogP contribution in [0.5, 0.6) is 0 Å². The second-order valence-corrected chi connectivity index (χ2v) is 4.46. The molecule has 0 spiro atoms. The van der Waals surface area contributed by atoms with Crippen molar-refractivity contribution in [1.82, 2.24) is 9.78 Å². The molecule has 3 nitrogen and oxygen atoms in total. The van der Waals surface area contributed by atoms with Crippen molar-refractivity contribution in [3.8, 4) is 0 Å². The van der Waals surface area contributed by atoms with Crippen LogP contribution in [-0.4, -0.2) is 15.8 Å². The van der Waals surface area contributed by atoms with E-state index in [0.29, 0.717) is 0 Å². The standard InChI is InChI=1S/C14H18FN3/c1-3-18-10-14(9-16-18)17-11(2)8-12-4-6-13(15)7-5-12/h4-7,9-11,17H,3,8H2,1-2H3. The van der Waals surface area contributed by atoms with Crippen molar-refractivity contribution in [3.05, 3.63) is 48.0 Å². The fourth-order valence-corrected chi connectivity index (χ4v) is 1.92. The fourth-order valence-electron chi connectivity index (χ4n) is 1.92. The number of anilines is 1. The minimum atomic E-state index is -0.191. The average molecular weight is 247 g/mol. The second-order valence-electron chi connectivity index (χ2n) is 4.46. The van der Waals surface area contributed by atoms with Crippen molar-refractivity contribution < 1.29 is 4.39 Å². The number of benzene rings is 1. The van der Waals surface area contributed by atoms with Crippen LogP contribution in [0.15, 0.2) is 36.7 Å². The Morgan fingerprint density at radius 1 is 1.33 bits per heavy atom. The number of nitrogens with one attached hydrogen (secondary N) is 1. The molecule has 1 heterocycles. The second kappa shape index (κ2) is 5.67. The summed E-state index contributed by atoms with van der Waals surface area (Å²) in [6.45, 7) is 5.03. The Labute approximate surface area is 107 Å². The summed E-state index contributed by atoms with van der Waals surface area (Å²) in [4.78, 5) is 0. The molecule has 1 unspecified atom stereocenters. The van der Waals surface area contributed by atoms with Crippen LogP contribution in [0.1, 0.15) is 19.4 Å². The lowest BCUT2D eigenvalue weighted by molar-refractivity contribution is 0.626. The molecule has 1 atom stereocenters. The maximum Gasteiger partial charge on any atom is 0.123 e. The minimum absolute atomic E-state index is 0.191. The Balaban J connectivity index is 1.91. The lowest BCUT2D eigenvalue weighted by atomic mass is 10.1. The molecular formula is C14H18FN3. The highest BCUT2D eigenvalue weighted by Crippen LogP contribution is 2.11. The average Bonchev–Trinajstić information content (AvgIpc) is 2.79. The molecule has 0 aliphatic carbocycles. The summed E-state index contributed by atoms with van der Waals surface area (Å²) >= 11 is 0. The molecule has 0 saturated heterocycles. The predicted octanol–water partition coefficient (Wildman–Crippen LogP) is 3.09. The zero-order valence-electron chi connectivity index (χ0n) is 10.7. The van der Waals surface area contributed by atoms with Crippen LogP contribution >= 0.6 is 0 Å². The Hall–Kier alpha value is -1.84. The first-order chi connectivity index (χ1) is 8.67. The molecule has 0 bridgehead atoms. The normalized spacial score (nSPS) is 12.4. The molecule has 0 aliphatic rings. The van der Waals surface area contributed by atoms with Gasteiger partial charge in [-0.25, -0.2) is 4.39 Å². The number of rotatable bonds is 5. The van der Waals surface area contributed by atoms with Crippen molar-refractivity contribution in [2.24, 2.45) is 0 Å². The summed E-state index contributed by atoms with van der Waals surface area (Å²) in [5, 5.41) is 7.59. The van der Waals surface area contributed by atoms with Gasteiger partial charge in [-0.05, 0) is 38.0 Å². The van der Waals surface area contributed by atoms with Crippen molar-refractivity contribution in [1.29, 1.82) is 0 Å². The quantitative estimate of drug-likeness (QED) is 0.880. The van der Waals surface area contributed by atoms with Gasteiger partial charge in [-0.2, -0.15) is 5.10 Å². The zero-order chi connectivity index (χ0) is 13.0. The summed E-state index contributed by atoms with van der Waals surface area (Å²) in [7, 11) is 0. The highest BCUT2D eigenvalue weighted by Gasteiger charge is 2.05.